The average Bonchev–Trinajstić information content (AvgIpc) is 3.45. The number of rotatable bonds is 7. The molecule has 2 aromatic rings. The van der Waals surface area contributed by atoms with Crippen LogP contribution in [0.2, 0.25) is 0 Å². The van der Waals surface area contributed by atoms with Crippen LogP contribution in [0.5, 0.6) is 0 Å². The van der Waals surface area contributed by atoms with Crippen molar-refractivity contribution in [3.63, 3.8) is 0 Å². The van der Waals surface area contributed by atoms with Crippen LogP contribution in [-0.4, -0.2) is 46.3 Å². The highest BCUT2D eigenvalue weighted by Crippen LogP contribution is 2.31. The molecule has 9 heteroatoms. The molecule has 1 fully saturated rings. The SMILES string of the molecule is Cc1ccnc(NC(=O)CN(C)C(=O)c2ccc(NC3CC3)c([N+](=O)[O-])c2)c1. The molecule has 1 aliphatic carbocycles. The van der Waals surface area contributed by atoms with Crippen LogP contribution in [-0.2, 0) is 4.79 Å². The van der Waals surface area contributed by atoms with E-state index in [1.807, 2.05) is 6.92 Å². The number of nitrogens with one attached hydrogen (secondary N) is 2. The minimum absolute atomic E-state index is 0.150. The van der Waals surface area contributed by atoms with Crippen LogP contribution in [0.1, 0.15) is 28.8 Å². The van der Waals surface area contributed by atoms with E-state index in [1.54, 1.807) is 18.3 Å². The molecule has 2 N–H and O–H groups in total. The third-order valence-electron chi connectivity index (χ3n) is 4.29. The van der Waals surface area contributed by atoms with Crippen LogP contribution in [0, 0.1) is 17.0 Å². The Hall–Kier alpha value is -3.49. The summed E-state index contributed by atoms with van der Waals surface area (Å²) in [5.41, 5.74) is 1.34. The van der Waals surface area contributed by atoms with E-state index in [9.17, 15) is 19.7 Å². The molecule has 9 nitrogen and oxygen atoms in total. The summed E-state index contributed by atoms with van der Waals surface area (Å²) in [6.45, 7) is 1.67. The molecule has 1 saturated carbocycles. The van der Waals surface area contributed by atoms with Crippen molar-refractivity contribution in [2.45, 2.75) is 25.8 Å². The number of hydrogen-bond acceptors (Lipinski definition) is 6. The lowest BCUT2D eigenvalue weighted by atomic mass is 10.1. The summed E-state index contributed by atoms with van der Waals surface area (Å²) < 4.78 is 0. The second kappa shape index (κ2) is 8.03. The number of carbonyl (C=O) groups is 2. The third kappa shape index (κ3) is 4.81. The van der Waals surface area contributed by atoms with Crippen molar-refractivity contribution in [2.24, 2.45) is 0 Å². The van der Waals surface area contributed by atoms with E-state index in [1.165, 1.54) is 30.1 Å². The van der Waals surface area contributed by atoms with E-state index in [4.69, 9.17) is 0 Å². The number of hydrogen-bond donors (Lipinski definition) is 2. The minimum atomic E-state index is -0.516. The third-order valence-corrected chi connectivity index (χ3v) is 4.29. The number of pyridine rings is 1. The molecule has 0 unspecified atom stereocenters. The quantitative estimate of drug-likeness (QED) is 0.560. The number of benzene rings is 1. The van der Waals surface area contributed by atoms with E-state index in [2.05, 4.69) is 15.6 Å². The average molecular weight is 383 g/mol. The van der Waals surface area contributed by atoms with Gasteiger partial charge in [-0.3, -0.25) is 19.7 Å². The summed E-state index contributed by atoms with van der Waals surface area (Å²) in [5, 5.41) is 17.1. The molecule has 0 bridgehead atoms. The van der Waals surface area contributed by atoms with Crippen molar-refractivity contribution in [3.05, 3.63) is 57.8 Å². The number of amides is 2. The molecule has 1 aromatic carbocycles. The highest BCUT2D eigenvalue weighted by atomic mass is 16.6. The molecule has 1 heterocycles. The highest BCUT2D eigenvalue weighted by molar-refractivity contribution is 5.99. The van der Waals surface area contributed by atoms with Crippen molar-refractivity contribution >= 4 is 29.0 Å². The summed E-state index contributed by atoms with van der Waals surface area (Å²) in [7, 11) is 1.47. The largest absolute Gasteiger partial charge is 0.377 e. The molecular weight excluding hydrogens is 362 g/mol. The zero-order valence-corrected chi connectivity index (χ0v) is 15.6. The second-order valence-corrected chi connectivity index (χ2v) is 6.84. The summed E-state index contributed by atoms with van der Waals surface area (Å²) in [5.74, 6) is -0.485. The van der Waals surface area contributed by atoms with Gasteiger partial charge >= 0.3 is 0 Å². The fraction of sp³-hybridized carbons (Fsp3) is 0.316. The van der Waals surface area contributed by atoms with Gasteiger partial charge in [-0.2, -0.15) is 0 Å². The Morgan fingerprint density at radius 2 is 2.04 bits per heavy atom. The van der Waals surface area contributed by atoms with Gasteiger partial charge in [0.25, 0.3) is 11.6 Å². The maximum absolute atomic E-state index is 12.6. The number of nitrogens with zero attached hydrogens (tertiary/aromatic N) is 3. The normalized spacial score (nSPS) is 12.9. The van der Waals surface area contributed by atoms with Gasteiger partial charge in [0, 0.05) is 30.9 Å². The standard InChI is InChI=1S/C19H21N5O4/c1-12-7-8-20-17(9-12)22-18(25)11-23(2)19(26)13-3-6-15(21-14-4-5-14)16(10-13)24(27)28/h3,6-10,14,21H,4-5,11H2,1-2H3,(H,20,22,25). The topological polar surface area (TPSA) is 117 Å². The number of aromatic nitrogens is 1. The molecule has 3 rings (SSSR count). The smallest absolute Gasteiger partial charge is 0.293 e. The van der Waals surface area contributed by atoms with Gasteiger partial charge in [0.2, 0.25) is 5.91 Å². The van der Waals surface area contributed by atoms with Crippen molar-refractivity contribution in [3.8, 4) is 0 Å². The van der Waals surface area contributed by atoms with Crippen LogP contribution >= 0.6 is 0 Å². The molecule has 146 valence electrons. The fourth-order valence-corrected chi connectivity index (χ4v) is 2.68. The first-order chi connectivity index (χ1) is 13.3. The number of anilines is 2. The molecule has 0 saturated heterocycles. The molecule has 1 aromatic heterocycles. The summed E-state index contributed by atoms with van der Waals surface area (Å²) in [6.07, 6.45) is 3.53. The lowest BCUT2D eigenvalue weighted by Gasteiger charge is -2.17. The van der Waals surface area contributed by atoms with Crippen molar-refractivity contribution in [2.75, 3.05) is 24.2 Å². The van der Waals surface area contributed by atoms with E-state index < -0.39 is 16.7 Å². The molecule has 28 heavy (non-hydrogen) atoms. The molecule has 2 amide bonds. The Bertz CT molecular complexity index is 926. The van der Waals surface area contributed by atoms with E-state index in [0.29, 0.717) is 11.5 Å². The van der Waals surface area contributed by atoms with Gasteiger partial charge in [0.15, 0.2) is 0 Å². The highest BCUT2D eigenvalue weighted by Gasteiger charge is 2.26. The fourth-order valence-electron chi connectivity index (χ4n) is 2.68. The Balaban J connectivity index is 1.67. The van der Waals surface area contributed by atoms with E-state index in [0.717, 1.165) is 18.4 Å². The monoisotopic (exact) mass is 383 g/mol. The predicted octanol–water partition coefficient (Wildman–Crippen LogP) is 2.58. The zero-order chi connectivity index (χ0) is 20.3. The summed E-state index contributed by atoms with van der Waals surface area (Å²) in [6, 6.07) is 8.07. The number of aryl methyl sites for hydroxylation is 1. The predicted molar refractivity (Wildman–Crippen MR) is 104 cm³/mol. The summed E-state index contributed by atoms with van der Waals surface area (Å²) >= 11 is 0. The Kier molecular flexibility index (Phi) is 5.53. The van der Waals surface area contributed by atoms with E-state index >= 15 is 0 Å². The summed E-state index contributed by atoms with van der Waals surface area (Å²) in [4.78, 5) is 40.8. The molecule has 1 aliphatic rings. The van der Waals surface area contributed by atoms with Gasteiger partial charge in [0.05, 0.1) is 11.5 Å². The second-order valence-electron chi connectivity index (χ2n) is 6.84. The van der Waals surface area contributed by atoms with Crippen molar-refractivity contribution < 1.29 is 14.5 Å². The molecule has 0 spiro atoms. The number of likely N-dealkylation sites (N-methyl/N-ethyl adjacent to an activating group) is 1. The van der Waals surface area contributed by atoms with Crippen molar-refractivity contribution in [1.82, 2.24) is 9.88 Å². The first-order valence-corrected chi connectivity index (χ1v) is 8.86. The molecule has 0 atom stereocenters. The van der Waals surface area contributed by atoms with Crippen LogP contribution in [0.4, 0.5) is 17.2 Å². The first-order valence-electron chi connectivity index (χ1n) is 8.86. The van der Waals surface area contributed by atoms with Crippen LogP contribution in [0.15, 0.2) is 36.5 Å². The van der Waals surface area contributed by atoms with Crippen molar-refractivity contribution in [1.29, 1.82) is 0 Å². The maximum atomic E-state index is 12.6. The van der Waals surface area contributed by atoms with E-state index in [-0.39, 0.29) is 23.8 Å². The zero-order valence-electron chi connectivity index (χ0n) is 15.6. The lowest BCUT2D eigenvalue weighted by molar-refractivity contribution is -0.384. The van der Waals surface area contributed by atoms with Gasteiger partial charge in [-0.1, -0.05) is 0 Å². The van der Waals surface area contributed by atoms with Gasteiger partial charge in [-0.25, -0.2) is 4.98 Å². The first kappa shape index (κ1) is 19.3. The Labute approximate surface area is 161 Å². The number of nitro groups is 1. The van der Waals surface area contributed by atoms with Crippen LogP contribution in [0.25, 0.3) is 0 Å². The Morgan fingerprint density at radius 1 is 1.29 bits per heavy atom. The maximum Gasteiger partial charge on any atom is 0.293 e. The molecule has 0 aliphatic heterocycles. The lowest BCUT2D eigenvalue weighted by Crippen LogP contribution is -2.35. The van der Waals surface area contributed by atoms with Crippen LogP contribution < -0.4 is 10.6 Å². The Morgan fingerprint density at radius 3 is 2.68 bits per heavy atom. The van der Waals surface area contributed by atoms with Crippen LogP contribution in [0.3, 0.4) is 0 Å². The van der Waals surface area contributed by atoms with Gasteiger partial charge < -0.3 is 15.5 Å². The number of carbonyl (C=O) groups excluding carboxylic acids is 2. The minimum Gasteiger partial charge on any atom is -0.377 e. The van der Waals surface area contributed by atoms with Gasteiger partial charge in [-0.05, 0) is 49.6 Å². The number of nitro benzene ring substituents is 1. The molecule has 0 radical (unpaired) electrons. The van der Waals surface area contributed by atoms with Gasteiger partial charge in [-0.15, -0.1) is 0 Å². The molecular formula is C19H21N5O4. The van der Waals surface area contributed by atoms with Gasteiger partial charge in [0.1, 0.15) is 11.5 Å².